The summed E-state index contributed by atoms with van der Waals surface area (Å²) in [7, 11) is 0. The first kappa shape index (κ1) is 14.9. The van der Waals surface area contributed by atoms with E-state index < -0.39 is 0 Å². The van der Waals surface area contributed by atoms with Crippen molar-refractivity contribution in [3.63, 3.8) is 0 Å². The van der Waals surface area contributed by atoms with E-state index in [4.69, 9.17) is 4.74 Å². The molecule has 0 aliphatic heterocycles. The van der Waals surface area contributed by atoms with Crippen LogP contribution in [0.4, 0.5) is 0 Å². The fourth-order valence-corrected chi connectivity index (χ4v) is 1.94. The summed E-state index contributed by atoms with van der Waals surface area (Å²) in [6.07, 6.45) is 6.61. The van der Waals surface area contributed by atoms with Crippen LogP contribution in [-0.4, -0.2) is 50.3 Å². The van der Waals surface area contributed by atoms with Crippen molar-refractivity contribution >= 4 is 0 Å². The Morgan fingerprint density at radius 3 is 2.47 bits per heavy atom. The second kappa shape index (κ2) is 9.86. The molecule has 0 amide bonds. The maximum absolute atomic E-state index is 5.65. The lowest BCUT2D eigenvalue weighted by molar-refractivity contribution is 0.104. The molecule has 17 heavy (non-hydrogen) atoms. The molecule has 1 N–H and O–H groups in total. The van der Waals surface area contributed by atoms with Crippen LogP contribution in [-0.2, 0) is 4.74 Å². The summed E-state index contributed by atoms with van der Waals surface area (Å²) in [5, 5.41) is 3.54. The minimum absolute atomic E-state index is 0.861. The summed E-state index contributed by atoms with van der Waals surface area (Å²) in [5.41, 5.74) is 0. The Morgan fingerprint density at radius 1 is 1.06 bits per heavy atom. The van der Waals surface area contributed by atoms with E-state index in [0.29, 0.717) is 0 Å². The first-order valence-electron chi connectivity index (χ1n) is 7.40. The summed E-state index contributed by atoms with van der Waals surface area (Å²) in [5.74, 6) is 0. The number of rotatable bonds is 12. The van der Waals surface area contributed by atoms with Gasteiger partial charge in [-0.1, -0.05) is 13.8 Å². The fourth-order valence-electron chi connectivity index (χ4n) is 1.94. The zero-order valence-electron chi connectivity index (χ0n) is 11.7. The number of likely N-dealkylation sites (N-methyl/N-ethyl adjacent to an activating group) is 1. The number of hydrogen-bond acceptors (Lipinski definition) is 3. The number of unbranched alkanes of at least 4 members (excludes halogenated alkanes) is 2. The molecule has 1 rings (SSSR count). The quantitative estimate of drug-likeness (QED) is 0.531. The lowest BCUT2D eigenvalue weighted by Crippen LogP contribution is -2.27. The van der Waals surface area contributed by atoms with Gasteiger partial charge in [0.1, 0.15) is 0 Å². The van der Waals surface area contributed by atoms with Gasteiger partial charge in [-0.25, -0.2) is 0 Å². The van der Waals surface area contributed by atoms with Crippen LogP contribution in [0.5, 0.6) is 0 Å². The molecule has 102 valence electrons. The van der Waals surface area contributed by atoms with Crippen LogP contribution in [0.1, 0.15) is 46.0 Å². The lowest BCUT2D eigenvalue weighted by atomic mass is 10.2. The summed E-state index contributed by atoms with van der Waals surface area (Å²) in [6.45, 7) is 10.8. The van der Waals surface area contributed by atoms with Crippen LogP contribution in [0.15, 0.2) is 0 Å². The molecule has 0 radical (unpaired) electrons. The van der Waals surface area contributed by atoms with Crippen LogP contribution >= 0.6 is 0 Å². The summed E-state index contributed by atoms with van der Waals surface area (Å²) in [6, 6.07) is 0.861. The second-order valence-corrected chi connectivity index (χ2v) is 4.93. The number of nitrogens with one attached hydrogen (secondary N) is 1. The topological polar surface area (TPSA) is 24.5 Å². The van der Waals surface area contributed by atoms with Gasteiger partial charge in [0.2, 0.25) is 0 Å². The van der Waals surface area contributed by atoms with Crippen molar-refractivity contribution in [2.24, 2.45) is 0 Å². The smallest absolute Gasteiger partial charge is 0.0593 e. The van der Waals surface area contributed by atoms with Crippen molar-refractivity contribution in [3.05, 3.63) is 0 Å². The average molecular weight is 242 g/mol. The molecule has 1 aliphatic carbocycles. The molecule has 1 aliphatic rings. The van der Waals surface area contributed by atoms with Gasteiger partial charge in [-0.3, -0.25) is 0 Å². The highest BCUT2D eigenvalue weighted by Gasteiger charge is 2.19. The molecular weight excluding hydrogens is 212 g/mol. The highest BCUT2D eigenvalue weighted by atomic mass is 16.5. The van der Waals surface area contributed by atoms with Crippen molar-refractivity contribution < 1.29 is 4.74 Å². The Labute approximate surface area is 107 Å². The van der Waals surface area contributed by atoms with Crippen molar-refractivity contribution in [2.75, 3.05) is 39.4 Å². The Hall–Kier alpha value is -0.120. The van der Waals surface area contributed by atoms with Crippen LogP contribution in [0.2, 0.25) is 0 Å². The number of nitrogens with zero attached hydrogens (tertiary/aromatic N) is 1. The Balaban J connectivity index is 1.71. The molecule has 0 aromatic carbocycles. The Bertz CT molecular complexity index is 168. The van der Waals surface area contributed by atoms with Crippen LogP contribution in [0.3, 0.4) is 0 Å². The van der Waals surface area contributed by atoms with Gasteiger partial charge < -0.3 is 15.0 Å². The Morgan fingerprint density at radius 2 is 1.82 bits per heavy atom. The molecule has 0 saturated heterocycles. The zero-order chi connectivity index (χ0) is 12.3. The molecule has 0 aromatic rings. The van der Waals surface area contributed by atoms with Crippen molar-refractivity contribution in [1.29, 1.82) is 0 Å². The van der Waals surface area contributed by atoms with Gasteiger partial charge in [-0.2, -0.15) is 0 Å². The Kier molecular flexibility index (Phi) is 8.67. The van der Waals surface area contributed by atoms with E-state index in [-0.39, 0.29) is 0 Å². The minimum Gasteiger partial charge on any atom is -0.380 e. The van der Waals surface area contributed by atoms with Gasteiger partial charge in [-0.05, 0) is 51.7 Å². The van der Waals surface area contributed by atoms with Gasteiger partial charge in [0, 0.05) is 19.2 Å². The van der Waals surface area contributed by atoms with Gasteiger partial charge in [0.05, 0.1) is 6.61 Å². The number of hydrogen-bond donors (Lipinski definition) is 1. The molecule has 0 bridgehead atoms. The second-order valence-electron chi connectivity index (χ2n) is 4.93. The zero-order valence-corrected chi connectivity index (χ0v) is 11.7. The van der Waals surface area contributed by atoms with E-state index >= 15 is 0 Å². The van der Waals surface area contributed by atoms with E-state index in [9.17, 15) is 0 Å². The molecule has 1 fully saturated rings. The molecule has 3 heteroatoms. The third kappa shape index (κ3) is 8.58. The maximum atomic E-state index is 5.65. The predicted octanol–water partition coefficient (Wildman–Crippen LogP) is 2.27. The third-order valence-corrected chi connectivity index (χ3v) is 3.42. The van der Waals surface area contributed by atoms with Crippen LogP contribution in [0.25, 0.3) is 0 Å². The molecule has 0 spiro atoms. The molecule has 0 heterocycles. The maximum Gasteiger partial charge on any atom is 0.0593 e. The van der Waals surface area contributed by atoms with Crippen LogP contribution < -0.4 is 5.32 Å². The molecular formula is C14H30N2O. The molecule has 1 saturated carbocycles. The first-order valence-corrected chi connectivity index (χ1v) is 7.40. The van der Waals surface area contributed by atoms with Gasteiger partial charge in [-0.15, -0.1) is 0 Å². The van der Waals surface area contributed by atoms with E-state index in [1.807, 2.05) is 0 Å². The predicted molar refractivity (Wildman–Crippen MR) is 73.5 cm³/mol. The molecule has 0 aromatic heterocycles. The standard InChI is InChI=1S/C14H30N2O/c1-3-16(4-2)11-13-17-12-7-5-6-10-15-14-8-9-14/h14-15H,3-13H2,1-2H3. The fraction of sp³-hybridized carbons (Fsp3) is 1.00. The van der Waals surface area contributed by atoms with Gasteiger partial charge in [0.15, 0.2) is 0 Å². The first-order chi connectivity index (χ1) is 8.36. The summed E-state index contributed by atoms with van der Waals surface area (Å²) in [4.78, 5) is 2.40. The van der Waals surface area contributed by atoms with E-state index in [2.05, 4.69) is 24.1 Å². The number of ether oxygens (including phenoxy) is 1. The molecule has 0 atom stereocenters. The highest BCUT2D eigenvalue weighted by molar-refractivity contribution is 4.80. The van der Waals surface area contributed by atoms with E-state index in [1.165, 1.54) is 38.6 Å². The normalized spacial score (nSPS) is 15.7. The molecule has 3 nitrogen and oxygen atoms in total. The summed E-state index contributed by atoms with van der Waals surface area (Å²) < 4.78 is 5.65. The van der Waals surface area contributed by atoms with Crippen molar-refractivity contribution in [1.82, 2.24) is 10.2 Å². The highest BCUT2D eigenvalue weighted by Crippen LogP contribution is 2.18. The average Bonchev–Trinajstić information content (AvgIpc) is 3.16. The van der Waals surface area contributed by atoms with Crippen LogP contribution in [0, 0.1) is 0 Å². The van der Waals surface area contributed by atoms with Crippen molar-refractivity contribution in [3.8, 4) is 0 Å². The SMILES string of the molecule is CCN(CC)CCOCCCCCNC1CC1. The largest absolute Gasteiger partial charge is 0.380 e. The molecule has 0 unspecified atom stereocenters. The summed E-state index contributed by atoms with van der Waals surface area (Å²) >= 11 is 0. The minimum atomic E-state index is 0.861. The van der Waals surface area contributed by atoms with E-state index in [1.54, 1.807) is 0 Å². The third-order valence-electron chi connectivity index (χ3n) is 3.42. The monoisotopic (exact) mass is 242 g/mol. The van der Waals surface area contributed by atoms with E-state index in [0.717, 1.165) is 38.9 Å². The van der Waals surface area contributed by atoms with Crippen molar-refractivity contribution in [2.45, 2.75) is 52.0 Å². The van der Waals surface area contributed by atoms with Gasteiger partial charge in [0.25, 0.3) is 0 Å². The van der Waals surface area contributed by atoms with Gasteiger partial charge >= 0.3 is 0 Å². The lowest BCUT2D eigenvalue weighted by Gasteiger charge is -2.17.